The maximum atomic E-state index is 2.95. The highest BCUT2D eigenvalue weighted by molar-refractivity contribution is 5.16. The summed E-state index contributed by atoms with van der Waals surface area (Å²) in [5.41, 5.74) is 1.37. The largest absolute Gasteiger partial charge is 0.394 e. The minimum Gasteiger partial charge on any atom is -0.394 e. The SMILES string of the molecule is C/C=C(\C=C/NC)CC. The van der Waals surface area contributed by atoms with Gasteiger partial charge in [0.25, 0.3) is 0 Å². The second-order valence-electron chi connectivity index (χ2n) is 1.84. The van der Waals surface area contributed by atoms with Crippen molar-refractivity contribution in [1.82, 2.24) is 5.32 Å². The lowest BCUT2D eigenvalue weighted by Gasteiger charge is -1.92. The first-order valence-electron chi connectivity index (χ1n) is 3.34. The highest BCUT2D eigenvalue weighted by Crippen LogP contribution is 1.99. The van der Waals surface area contributed by atoms with Crippen LogP contribution in [0.3, 0.4) is 0 Å². The molecule has 0 saturated carbocycles. The Balaban J connectivity index is 3.70. The Morgan fingerprint density at radius 2 is 2.22 bits per heavy atom. The lowest BCUT2D eigenvalue weighted by molar-refractivity contribution is 1.08. The van der Waals surface area contributed by atoms with Gasteiger partial charge in [-0.25, -0.2) is 0 Å². The molecule has 0 spiro atoms. The number of nitrogens with one attached hydrogen (secondary N) is 1. The third-order valence-electron chi connectivity index (χ3n) is 1.24. The summed E-state index contributed by atoms with van der Waals surface area (Å²) in [6, 6.07) is 0. The lowest BCUT2D eigenvalue weighted by atomic mass is 10.2. The Labute approximate surface area is 57.5 Å². The van der Waals surface area contributed by atoms with Gasteiger partial charge in [0.2, 0.25) is 0 Å². The van der Waals surface area contributed by atoms with Crippen LogP contribution in [0, 0.1) is 0 Å². The van der Waals surface area contributed by atoms with Crippen molar-refractivity contribution in [2.75, 3.05) is 7.05 Å². The molecule has 0 amide bonds. The highest BCUT2D eigenvalue weighted by atomic mass is 14.8. The van der Waals surface area contributed by atoms with Gasteiger partial charge in [0.05, 0.1) is 0 Å². The normalized spacial score (nSPS) is 12.6. The van der Waals surface area contributed by atoms with E-state index in [0.29, 0.717) is 0 Å². The van der Waals surface area contributed by atoms with E-state index in [2.05, 4.69) is 31.3 Å². The molecule has 1 nitrogen and oxygen atoms in total. The molecule has 0 aromatic rings. The smallest absolute Gasteiger partial charge is 0.00277 e. The van der Waals surface area contributed by atoms with Gasteiger partial charge in [0, 0.05) is 7.05 Å². The molecule has 0 aliphatic carbocycles. The van der Waals surface area contributed by atoms with Crippen molar-refractivity contribution in [3.63, 3.8) is 0 Å². The fourth-order valence-electron chi connectivity index (χ4n) is 0.609. The molecule has 0 aromatic carbocycles. The number of hydrogen-bond donors (Lipinski definition) is 1. The van der Waals surface area contributed by atoms with Gasteiger partial charge in [-0.1, -0.05) is 18.6 Å². The molecule has 0 atom stereocenters. The van der Waals surface area contributed by atoms with Crippen molar-refractivity contribution in [3.8, 4) is 0 Å². The average molecular weight is 125 g/mol. The van der Waals surface area contributed by atoms with E-state index in [4.69, 9.17) is 0 Å². The average Bonchev–Trinajstić information content (AvgIpc) is 1.91. The molecule has 0 aliphatic heterocycles. The molecule has 0 bridgehead atoms. The van der Waals surface area contributed by atoms with E-state index in [0.717, 1.165) is 6.42 Å². The van der Waals surface area contributed by atoms with Gasteiger partial charge in [0.1, 0.15) is 0 Å². The van der Waals surface area contributed by atoms with Gasteiger partial charge in [-0.2, -0.15) is 0 Å². The molecule has 0 aromatic heterocycles. The molecule has 0 heterocycles. The van der Waals surface area contributed by atoms with Gasteiger partial charge in [-0.05, 0) is 25.6 Å². The minimum atomic E-state index is 1.11. The molecule has 9 heavy (non-hydrogen) atoms. The van der Waals surface area contributed by atoms with Crippen molar-refractivity contribution in [2.24, 2.45) is 0 Å². The van der Waals surface area contributed by atoms with Crippen LogP contribution in [0.1, 0.15) is 20.3 Å². The zero-order valence-electron chi connectivity index (χ0n) is 6.44. The van der Waals surface area contributed by atoms with E-state index in [1.165, 1.54) is 5.57 Å². The van der Waals surface area contributed by atoms with Gasteiger partial charge in [-0.15, -0.1) is 0 Å². The van der Waals surface area contributed by atoms with Crippen LogP contribution in [0.4, 0.5) is 0 Å². The second-order valence-corrected chi connectivity index (χ2v) is 1.84. The third kappa shape index (κ3) is 3.83. The van der Waals surface area contributed by atoms with Crippen LogP contribution in [0.15, 0.2) is 23.9 Å². The molecular weight excluding hydrogens is 110 g/mol. The van der Waals surface area contributed by atoms with Gasteiger partial charge < -0.3 is 5.32 Å². The summed E-state index contributed by atoms with van der Waals surface area (Å²) in [7, 11) is 1.90. The van der Waals surface area contributed by atoms with Gasteiger partial charge >= 0.3 is 0 Å². The second kappa shape index (κ2) is 5.42. The van der Waals surface area contributed by atoms with Crippen LogP contribution in [0.5, 0.6) is 0 Å². The number of rotatable bonds is 3. The summed E-state index contributed by atoms with van der Waals surface area (Å²) in [4.78, 5) is 0. The predicted molar refractivity (Wildman–Crippen MR) is 42.2 cm³/mol. The Bertz CT molecular complexity index is 112. The van der Waals surface area contributed by atoms with E-state index in [-0.39, 0.29) is 0 Å². The van der Waals surface area contributed by atoms with Crippen molar-refractivity contribution in [1.29, 1.82) is 0 Å². The molecule has 0 unspecified atom stereocenters. The van der Waals surface area contributed by atoms with Crippen molar-refractivity contribution < 1.29 is 0 Å². The van der Waals surface area contributed by atoms with Crippen LogP contribution < -0.4 is 5.32 Å². The van der Waals surface area contributed by atoms with E-state index in [9.17, 15) is 0 Å². The first kappa shape index (κ1) is 8.28. The quantitative estimate of drug-likeness (QED) is 0.569. The van der Waals surface area contributed by atoms with E-state index >= 15 is 0 Å². The van der Waals surface area contributed by atoms with Crippen molar-refractivity contribution >= 4 is 0 Å². The summed E-state index contributed by atoms with van der Waals surface area (Å²) in [6.07, 6.45) is 7.25. The van der Waals surface area contributed by atoms with E-state index < -0.39 is 0 Å². The number of allylic oxidation sites excluding steroid dienone is 3. The van der Waals surface area contributed by atoms with Gasteiger partial charge in [0.15, 0.2) is 0 Å². The maximum absolute atomic E-state index is 2.95. The Morgan fingerprint density at radius 3 is 2.56 bits per heavy atom. The monoisotopic (exact) mass is 125 g/mol. The minimum absolute atomic E-state index is 1.11. The van der Waals surface area contributed by atoms with Crippen molar-refractivity contribution in [3.05, 3.63) is 23.9 Å². The lowest BCUT2D eigenvalue weighted by Crippen LogP contribution is -1.91. The summed E-state index contributed by atoms with van der Waals surface area (Å²) in [5, 5.41) is 2.95. The zero-order chi connectivity index (χ0) is 7.11. The summed E-state index contributed by atoms with van der Waals surface area (Å²) in [6.45, 7) is 4.20. The summed E-state index contributed by atoms with van der Waals surface area (Å²) < 4.78 is 0. The summed E-state index contributed by atoms with van der Waals surface area (Å²) >= 11 is 0. The molecular formula is C8H15N. The fraction of sp³-hybridized carbons (Fsp3) is 0.500. The molecule has 0 radical (unpaired) electrons. The van der Waals surface area contributed by atoms with E-state index in [1.54, 1.807) is 0 Å². The van der Waals surface area contributed by atoms with Crippen LogP contribution in [-0.4, -0.2) is 7.05 Å². The Hall–Kier alpha value is -0.720. The zero-order valence-corrected chi connectivity index (χ0v) is 6.44. The maximum Gasteiger partial charge on any atom is 0.00277 e. The highest BCUT2D eigenvalue weighted by Gasteiger charge is 1.80. The molecule has 0 saturated heterocycles. The Morgan fingerprint density at radius 1 is 1.56 bits per heavy atom. The molecule has 1 heteroatoms. The van der Waals surface area contributed by atoms with Crippen LogP contribution in [-0.2, 0) is 0 Å². The topological polar surface area (TPSA) is 12.0 Å². The molecule has 0 rings (SSSR count). The van der Waals surface area contributed by atoms with E-state index in [1.807, 2.05) is 13.2 Å². The van der Waals surface area contributed by atoms with Crippen LogP contribution in [0.2, 0.25) is 0 Å². The molecule has 0 fully saturated rings. The van der Waals surface area contributed by atoms with Crippen LogP contribution in [0.25, 0.3) is 0 Å². The number of hydrogen-bond acceptors (Lipinski definition) is 1. The van der Waals surface area contributed by atoms with Gasteiger partial charge in [-0.3, -0.25) is 0 Å². The van der Waals surface area contributed by atoms with Crippen LogP contribution >= 0.6 is 0 Å². The molecule has 1 N–H and O–H groups in total. The Kier molecular flexibility index (Phi) is 4.98. The molecule has 52 valence electrons. The summed E-state index contributed by atoms with van der Waals surface area (Å²) in [5.74, 6) is 0. The predicted octanol–water partition coefficient (Wildman–Crippen LogP) is 2.08. The first-order chi connectivity index (χ1) is 4.35. The van der Waals surface area contributed by atoms with Crippen molar-refractivity contribution in [2.45, 2.75) is 20.3 Å². The fourth-order valence-corrected chi connectivity index (χ4v) is 0.609. The third-order valence-corrected chi connectivity index (χ3v) is 1.24. The first-order valence-corrected chi connectivity index (χ1v) is 3.34. The molecule has 0 aliphatic rings. The standard InChI is InChI=1S/C8H15N/c1-4-8(5-2)6-7-9-3/h4,6-7,9H,5H2,1-3H3/b7-6-,8-4-.